The van der Waals surface area contributed by atoms with Gasteiger partial charge in [-0.05, 0) is 31.2 Å². The number of sulfonamides is 1. The second-order valence-electron chi connectivity index (χ2n) is 3.74. The first kappa shape index (κ1) is 12.4. The van der Waals surface area contributed by atoms with Crippen molar-refractivity contribution in [2.24, 2.45) is 0 Å². The fourth-order valence-electron chi connectivity index (χ4n) is 1.41. The Morgan fingerprint density at radius 3 is 2.44 bits per heavy atom. The van der Waals surface area contributed by atoms with Gasteiger partial charge >= 0.3 is 0 Å². The summed E-state index contributed by atoms with van der Waals surface area (Å²) in [6.45, 7) is 1.71. The van der Waals surface area contributed by atoms with Gasteiger partial charge in [0.2, 0.25) is 0 Å². The van der Waals surface area contributed by atoms with Gasteiger partial charge in [0.25, 0.3) is 10.0 Å². The third kappa shape index (κ3) is 2.60. The van der Waals surface area contributed by atoms with Crippen molar-refractivity contribution in [2.75, 3.05) is 4.72 Å². The number of nitrogens with one attached hydrogen (secondary N) is 1. The summed E-state index contributed by atoms with van der Waals surface area (Å²) in [7, 11) is -3.73. The first-order chi connectivity index (χ1) is 8.49. The maximum Gasteiger partial charge on any atom is 0.263 e. The molecule has 0 bridgehead atoms. The van der Waals surface area contributed by atoms with Crippen molar-refractivity contribution in [1.82, 2.24) is 4.98 Å². The number of aromatic hydroxyl groups is 1. The van der Waals surface area contributed by atoms with Crippen LogP contribution in [0.1, 0.15) is 5.69 Å². The topological polar surface area (TPSA) is 79.3 Å². The van der Waals surface area contributed by atoms with Crippen LogP contribution in [0.25, 0.3) is 0 Å². The summed E-state index contributed by atoms with van der Waals surface area (Å²) in [5.74, 6) is -0.279. The number of anilines is 1. The Hall–Kier alpha value is -2.08. The molecule has 0 aliphatic carbocycles. The molecule has 94 valence electrons. The average Bonchev–Trinajstić information content (AvgIpc) is 2.35. The van der Waals surface area contributed by atoms with Gasteiger partial charge < -0.3 is 5.11 Å². The molecular formula is C12H12N2O3S. The number of hydrogen-bond donors (Lipinski definition) is 2. The zero-order chi connectivity index (χ0) is 13.2. The van der Waals surface area contributed by atoms with Crippen LogP contribution in [-0.4, -0.2) is 18.5 Å². The Balaban J connectivity index is 2.37. The van der Waals surface area contributed by atoms with Crippen LogP contribution in [0.4, 0.5) is 5.82 Å². The zero-order valence-electron chi connectivity index (χ0n) is 9.66. The first-order valence-electron chi connectivity index (χ1n) is 5.23. The Morgan fingerprint density at radius 1 is 1.11 bits per heavy atom. The van der Waals surface area contributed by atoms with E-state index in [4.69, 9.17) is 0 Å². The molecule has 0 atom stereocenters. The molecule has 0 saturated carbocycles. The molecule has 0 amide bonds. The fraction of sp³-hybridized carbons (Fsp3) is 0.0833. The predicted molar refractivity (Wildman–Crippen MR) is 67.9 cm³/mol. The van der Waals surface area contributed by atoms with Crippen LogP contribution >= 0.6 is 0 Å². The highest BCUT2D eigenvalue weighted by molar-refractivity contribution is 7.92. The van der Waals surface area contributed by atoms with E-state index in [1.54, 1.807) is 31.2 Å². The van der Waals surface area contributed by atoms with Gasteiger partial charge in [-0.3, -0.25) is 4.72 Å². The first-order valence-corrected chi connectivity index (χ1v) is 6.72. The van der Waals surface area contributed by atoms with Gasteiger partial charge in [-0.1, -0.05) is 18.2 Å². The molecule has 0 aliphatic heterocycles. The van der Waals surface area contributed by atoms with Crippen molar-refractivity contribution >= 4 is 15.8 Å². The smallest absolute Gasteiger partial charge is 0.263 e. The molecule has 0 fully saturated rings. The van der Waals surface area contributed by atoms with Gasteiger partial charge in [0.1, 0.15) is 0 Å². The van der Waals surface area contributed by atoms with Crippen molar-refractivity contribution in [2.45, 2.75) is 11.8 Å². The Kier molecular flexibility index (Phi) is 3.20. The largest absolute Gasteiger partial charge is 0.504 e. The molecule has 0 radical (unpaired) electrons. The Labute approximate surface area is 105 Å². The van der Waals surface area contributed by atoms with E-state index in [9.17, 15) is 13.5 Å². The molecule has 5 nitrogen and oxygen atoms in total. The Morgan fingerprint density at radius 2 is 1.78 bits per heavy atom. The van der Waals surface area contributed by atoms with E-state index in [-0.39, 0.29) is 16.5 Å². The third-order valence-electron chi connectivity index (χ3n) is 2.30. The molecule has 6 heteroatoms. The monoisotopic (exact) mass is 264 g/mol. The molecule has 2 N–H and O–H groups in total. The highest BCUT2D eigenvalue weighted by Crippen LogP contribution is 2.23. The van der Waals surface area contributed by atoms with E-state index in [0.29, 0.717) is 5.69 Å². The van der Waals surface area contributed by atoms with Crippen LogP contribution in [0.5, 0.6) is 5.75 Å². The van der Waals surface area contributed by atoms with Crippen LogP contribution < -0.4 is 4.72 Å². The van der Waals surface area contributed by atoms with Crippen molar-refractivity contribution in [3.63, 3.8) is 0 Å². The van der Waals surface area contributed by atoms with Crippen molar-refractivity contribution < 1.29 is 13.5 Å². The molecule has 0 unspecified atom stereocenters. The zero-order valence-corrected chi connectivity index (χ0v) is 10.5. The van der Waals surface area contributed by atoms with Crippen molar-refractivity contribution in [3.05, 3.63) is 48.2 Å². The van der Waals surface area contributed by atoms with Crippen LogP contribution in [0.15, 0.2) is 47.4 Å². The normalized spacial score (nSPS) is 11.2. The fourth-order valence-corrected chi connectivity index (χ4v) is 2.45. The van der Waals surface area contributed by atoms with Gasteiger partial charge in [0, 0.05) is 5.69 Å². The number of pyridine rings is 1. The SMILES string of the molecule is Cc1ccc(O)c(NS(=O)(=O)c2ccccc2)n1. The van der Waals surface area contributed by atoms with Crippen LogP contribution in [0.3, 0.4) is 0 Å². The summed E-state index contributed by atoms with van der Waals surface area (Å²) in [4.78, 5) is 4.06. The van der Waals surface area contributed by atoms with Gasteiger partial charge in [0.05, 0.1) is 4.90 Å². The number of benzene rings is 1. The summed E-state index contributed by atoms with van der Waals surface area (Å²) in [5.41, 5.74) is 0.610. The molecule has 1 aromatic carbocycles. The van der Waals surface area contributed by atoms with E-state index in [1.165, 1.54) is 18.2 Å². The predicted octanol–water partition coefficient (Wildman–Crippen LogP) is 1.90. The minimum Gasteiger partial charge on any atom is -0.504 e. The highest BCUT2D eigenvalue weighted by atomic mass is 32.2. The molecule has 1 heterocycles. The molecule has 0 aliphatic rings. The number of rotatable bonds is 3. The van der Waals surface area contributed by atoms with Crippen LogP contribution in [0, 0.1) is 6.92 Å². The summed E-state index contributed by atoms with van der Waals surface area (Å²) in [6, 6.07) is 10.9. The maximum absolute atomic E-state index is 12.0. The summed E-state index contributed by atoms with van der Waals surface area (Å²) < 4.78 is 26.3. The molecule has 2 rings (SSSR count). The molecule has 0 spiro atoms. The number of hydrogen-bond acceptors (Lipinski definition) is 4. The van der Waals surface area contributed by atoms with E-state index in [1.807, 2.05) is 0 Å². The quantitative estimate of drug-likeness (QED) is 0.887. The summed E-state index contributed by atoms with van der Waals surface area (Å²) in [5, 5.41) is 9.56. The molecule has 18 heavy (non-hydrogen) atoms. The summed E-state index contributed by atoms with van der Waals surface area (Å²) in [6.07, 6.45) is 0. The van der Waals surface area contributed by atoms with Crippen LogP contribution in [0.2, 0.25) is 0 Å². The number of aryl methyl sites for hydroxylation is 1. The van der Waals surface area contributed by atoms with Crippen molar-refractivity contribution in [1.29, 1.82) is 0 Å². The van der Waals surface area contributed by atoms with Gasteiger partial charge in [-0.2, -0.15) is 0 Å². The molecule has 1 aromatic heterocycles. The highest BCUT2D eigenvalue weighted by Gasteiger charge is 2.16. The van der Waals surface area contributed by atoms with Crippen molar-refractivity contribution in [3.8, 4) is 5.75 Å². The van der Waals surface area contributed by atoms with E-state index in [2.05, 4.69) is 9.71 Å². The average molecular weight is 264 g/mol. The Bertz CT molecular complexity index is 654. The third-order valence-corrected chi connectivity index (χ3v) is 3.65. The maximum atomic E-state index is 12.0. The lowest BCUT2D eigenvalue weighted by atomic mass is 10.3. The molecular weight excluding hydrogens is 252 g/mol. The minimum atomic E-state index is -3.73. The second-order valence-corrected chi connectivity index (χ2v) is 5.42. The van der Waals surface area contributed by atoms with E-state index < -0.39 is 10.0 Å². The lowest BCUT2D eigenvalue weighted by molar-refractivity contribution is 0.475. The number of nitrogens with zero attached hydrogens (tertiary/aromatic N) is 1. The van der Waals surface area contributed by atoms with Crippen LogP contribution in [-0.2, 0) is 10.0 Å². The minimum absolute atomic E-state index is 0.0705. The van der Waals surface area contributed by atoms with Gasteiger partial charge in [-0.25, -0.2) is 13.4 Å². The lowest BCUT2D eigenvalue weighted by Gasteiger charge is -2.09. The van der Waals surface area contributed by atoms with Gasteiger partial charge in [0.15, 0.2) is 11.6 Å². The molecule has 2 aromatic rings. The van der Waals surface area contributed by atoms with E-state index >= 15 is 0 Å². The molecule has 0 saturated heterocycles. The van der Waals surface area contributed by atoms with E-state index in [0.717, 1.165) is 0 Å². The second kappa shape index (κ2) is 4.66. The van der Waals surface area contributed by atoms with Gasteiger partial charge in [-0.15, -0.1) is 0 Å². The summed E-state index contributed by atoms with van der Waals surface area (Å²) >= 11 is 0. The number of aromatic nitrogens is 1. The standard InChI is InChI=1S/C12H12N2O3S/c1-9-7-8-11(15)12(13-9)14-18(16,17)10-5-3-2-4-6-10/h2-8,15H,1H3,(H,13,14). The lowest BCUT2D eigenvalue weighted by Crippen LogP contribution is -2.14.